The molecule has 2 aromatic rings. The van der Waals surface area contributed by atoms with Crippen LogP contribution in [0.3, 0.4) is 0 Å². The number of nitrogen functional groups attached to an aromatic ring is 1. The van der Waals surface area contributed by atoms with Crippen LogP contribution in [-0.4, -0.2) is 11.9 Å². The van der Waals surface area contributed by atoms with E-state index in [0.717, 1.165) is 5.56 Å². The van der Waals surface area contributed by atoms with Crippen molar-refractivity contribution >= 4 is 23.4 Å². The summed E-state index contributed by atoms with van der Waals surface area (Å²) in [5, 5.41) is 0. The first-order valence-electron chi connectivity index (χ1n) is 8.59. The van der Waals surface area contributed by atoms with E-state index in [0.29, 0.717) is 28.8 Å². The van der Waals surface area contributed by atoms with Crippen molar-refractivity contribution < 1.29 is 9.53 Å². The van der Waals surface area contributed by atoms with Crippen molar-refractivity contribution in [1.29, 1.82) is 0 Å². The number of rotatable bonds is 3. The van der Waals surface area contributed by atoms with Gasteiger partial charge in [0.05, 0.1) is 5.69 Å². The van der Waals surface area contributed by atoms with Gasteiger partial charge in [-0.05, 0) is 55.2 Å². The minimum absolute atomic E-state index is 0.00340. The van der Waals surface area contributed by atoms with Gasteiger partial charge in [0.1, 0.15) is 0 Å². The summed E-state index contributed by atoms with van der Waals surface area (Å²) >= 11 is 0. The van der Waals surface area contributed by atoms with Crippen LogP contribution < -0.4 is 15.4 Å². The van der Waals surface area contributed by atoms with E-state index < -0.39 is 0 Å². The maximum Gasteiger partial charge on any atom is 0.294 e. The average Bonchev–Trinajstić information content (AvgIpc) is 2.56. The molecule has 0 saturated carbocycles. The Morgan fingerprint density at radius 3 is 2.32 bits per heavy atom. The summed E-state index contributed by atoms with van der Waals surface area (Å²) in [5.41, 5.74) is 9.41. The van der Waals surface area contributed by atoms with Crippen LogP contribution in [-0.2, 0) is 4.79 Å². The van der Waals surface area contributed by atoms with Crippen molar-refractivity contribution in [2.24, 2.45) is 0 Å². The molecule has 2 N–H and O–H groups in total. The summed E-state index contributed by atoms with van der Waals surface area (Å²) in [6.07, 6.45) is 1.79. The van der Waals surface area contributed by atoms with Gasteiger partial charge in [-0.1, -0.05) is 38.1 Å². The maximum atomic E-state index is 12.9. The number of hydrogen-bond donors (Lipinski definition) is 1. The molecule has 0 atom stereocenters. The van der Waals surface area contributed by atoms with Crippen molar-refractivity contribution in [2.45, 2.75) is 39.7 Å². The van der Waals surface area contributed by atoms with E-state index in [9.17, 15) is 4.79 Å². The maximum absolute atomic E-state index is 12.9. The average molecular weight is 336 g/mol. The summed E-state index contributed by atoms with van der Waals surface area (Å²) in [6, 6.07) is 13.6. The summed E-state index contributed by atoms with van der Waals surface area (Å²) in [7, 11) is 0. The van der Waals surface area contributed by atoms with Crippen molar-refractivity contribution in [3.8, 4) is 5.75 Å². The summed E-state index contributed by atoms with van der Waals surface area (Å²) < 4.78 is 5.88. The van der Waals surface area contributed by atoms with Gasteiger partial charge in [0, 0.05) is 11.7 Å². The minimum Gasteiger partial charge on any atom is -0.449 e. The fourth-order valence-electron chi connectivity index (χ4n) is 2.93. The van der Waals surface area contributed by atoms with E-state index in [1.54, 1.807) is 23.1 Å². The zero-order valence-corrected chi connectivity index (χ0v) is 15.1. The van der Waals surface area contributed by atoms with Crippen molar-refractivity contribution in [3.63, 3.8) is 0 Å². The van der Waals surface area contributed by atoms with E-state index in [1.165, 1.54) is 5.56 Å². The normalized spacial score (nSPS) is 15.7. The Labute approximate surface area is 148 Å². The Bertz CT molecular complexity index is 820. The molecule has 1 aliphatic heterocycles. The Morgan fingerprint density at radius 1 is 1.04 bits per heavy atom. The van der Waals surface area contributed by atoms with E-state index in [1.807, 2.05) is 32.0 Å². The fraction of sp³-hybridized carbons (Fsp3) is 0.286. The molecule has 130 valence electrons. The van der Waals surface area contributed by atoms with Crippen LogP contribution in [0.4, 0.5) is 11.4 Å². The molecule has 2 aromatic carbocycles. The van der Waals surface area contributed by atoms with Crippen molar-refractivity contribution in [2.75, 3.05) is 10.6 Å². The zero-order chi connectivity index (χ0) is 18.1. The van der Waals surface area contributed by atoms with Gasteiger partial charge in [0.2, 0.25) is 0 Å². The van der Waals surface area contributed by atoms with Crippen LogP contribution in [0.25, 0.3) is 6.08 Å². The fourth-order valence-corrected chi connectivity index (χ4v) is 2.93. The van der Waals surface area contributed by atoms with E-state index in [4.69, 9.17) is 10.5 Å². The van der Waals surface area contributed by atoms with Crippen LogP contribution in [0.1, 0.15) is 44.7 Å². The first-order chi connectivity index (χ1) is 11.9. The lowest BCUT2D eigenvalue weighted by Gasteiger charge is -2.33. The molecule has 0 radical (unpaired) electrons. The van der Waals surface area contributed by atoms with Crippen LogP contribution in [0.15, 0.2) is 48.2 Å². The highest BCUT2D eigenvalue weighted by Crippen LogP contribution is 2.38. The van der Waals surface area contributed by atoms with E-state index >= 15 is 0 Å². The van der Waals surface area contributed by atoms with E-state index in [-0.39, 0.29) is 11.9 Å². The third kappa shape index (κ3) is 3.38. The van der Waals surface area contributed by atoms with Gasteiger partial charge in [-0.15, -0.1) is 0 Å². The molecule has 4 heteroatoms. The van der Waals surface area contributed by atoms with Crippen molar-refractivity contribution in [3.05, 3.63) is 59.4 Å². The first-order valence-corrected chi connectivity index (χ1v) is 8.59. The molecule has 4 nitrogen and oxygen atoms in total. The molecule has 0 aromatic heterocycles. The van der Waals surface area contributed by atoms with Crippen LogP contribution >= 0.6 is 0 Å². The summed E-state index contributed by atoms with van der Waals surface area (Å²) in [6.45, 7) is 8.27. The molecular weight excluding hydrogens is 312 g/mol. The number of carbonyl (C=O) groups excluding carboxylic acids is 1. The molecule has 3 rings (SSSR count). The molecule has 0 unspecified atom stereocenters. The standard InChI is InChI=1S/C21H24N2O2/c1-13(2)16-7-5-15(6-8-16)11-20-21(24)23(14(3)4)18-12-17(22)9-10-19(18)25-20/h5-14H,22H2,1-4H3/b20-11+. The molecule has 1 heterocycles. The molecule has 0 saturated heterocycles. The predicted molar refractivity (Wildman–Crippen MR) is 103 cm³/mol. The first kappa shape index (κ1) is 17.1. The Hall–Kier alpha value is -2.75. The SMILES string of the molecule is CC(C)c1ccc(/C=C2/Oc3ccc(N)cc3N(C(C)C)C2=O)cc1. The summed E-state index contributed by atoms with van der Waals surface area (Å²) in [5.74, 6) is 1.29. The third-order valence-corrected chi connectivity index (χ3v) is 4.31. The molecule has 0 bridgehead atoms. The smallest absolute Gasteiger partial charge is 0.294 e. The lowest BCUT2D eigenvalue weighted by atomic mass is 10.0. The largest absolute Gasteiger partial charge is 0.449 e. The van der Waals surface area contributed by atoms with Crippen LogP contribution in [0, 0.1) is 0 Å². The number of hydrogen-bond acceptors (Lipinski definition) is 3. The topological polar surface area (TPSA) is 55.6 Å². The van der Waals surface area contributed by atoms with Gasteiger partial charge in [0.15, 0.2) is 11.5 Å². The lowest BCUT2D eigenvalue weighted by molar-refractivity contribution is -0.117. The zero-order valence-electron chi connectivity index (χ0n) is 15.1. The number of carbonyl (C=O) groups is 1. The number of amides is 1. The number of benzene rings is 2. The second-order valence-electron chi connectivity index (χ2n) is 6.93. The number of anilines is 2. The highest BCUT2D eigenvalue weighted by Gasteiger charge is 2.32. The van der Waals surface area contributed by atoms with Gasteiger partial charge in [-0.2, -0.15) is 0 Å². The van der Waals surface area contributed by atoms with Crippen LogP contribution in [0.2, 0.25) is 0 Å². The Morgan fingerprint density at radius 2 is 1.72 bits per heavy atom. The highest BCUT2D eigenvalue weighted by atomic mass is 16.5. The molecular formula is C21H24N2O2. The molecule has 0 aliphatic carbocycles. The van der Waals surface area contributed by atoms with Crippen molar-refractivity contribution in [1.82, 2.24) is 0 Å². The Balaban J connectivity index is 2.00. The molecule has 0 spiro atoms. The molecule has 1 amide bonds. The predicted octanol–water partition coefficient (Wildman–Crippen LogP) is 4.57. The third-order valence-electron chi connectivity index (χ3n) is 4.31. The van der Waals surface area contributed by atoms with Crippen LogP contribution in [0.5, 0.6) is 5.75 Å². The molecule has 25 heavy (non-hydrogen) atoms. The van der Waals surface area contributed by atoms with Gasteiger partial charge < -0.3 is 10.5 Å². The van der Waals surface area contributed by atoms with Gasteiger partial charge in [0.25, 0.3) is 5.91 Å². The van der Waals surface area contributed by atoms with Gasteiger partial charge in [-0.25, -0.2) is 0 Å². The Kier molecular flexibility index (Phi) is 4.53. The summed E-state index contributed by atoms with van der Waals surface area (Å²) in [4.78, 5) is 14.6. The second kappa shape index (κ2) is 6.63. The number of nitrogens with two attached hydrogens (primary N) is 1. The molecule has 0 fully saturated rings. The lowest BCUT2D eigenvalue weighted by Crippen LogP contribution is -2.42. The highest BCUT2D eigenvalue weighted by molar-refractivity contribution is 6.10. The minimum atomic E-state index is -0.152. The second-order valence-corrected chi connectivity index (χ2v) is 6.93. The number of nitrogens with zero attached hydrogens (tertiary/aromatic N) is 1. The van der Waals surface area contributed by atoms with Gasteiger partial charge >= 0.3 is 0 Å². The van der Waals surface area contributed by atoms with E-state index in [2.05, 4.69) is 26.0 Å². The number of ether oxygens (including phenoxy) is 1. The molecule has 1 aliphatic rings. The quantitative estimate of drug-likeness (QED) is 0.660. The number of fused-ring (bicyclic) bond motifs is 1. The monoisotopic (exact) mass is 336 g/mol. The van der Waals surface area contributed by atoms with Gasteiger partial charge in [-0.3, -0.25) is 9.69 Å².